The Labute approximate surface area is 156 Å². The maximum Gasteiger partial charge on any atom is 0.310 e. The minimum absolute atomic E-state index is 0.0276. The van der Waals surface area contributed by atoms with Gasteiger partial charge in [-0.1, -0.05) is 6.92 Å². The second kappa shape index (κ2) is 5.92. The van der Waals surface area contributed by atoms with Crippen molar-refractivity contribution < 1.29 is 19.0 Å². The zero-order valence-electron chi connectivity index (χ0n) is 16.4. The number of carbonyl (C=O) groups excluding carboxylic acids is 1. The van der Waals surface area contributed by atoms with Crippen molar-refractivity contribution in [3.63, 3.8) is 0 Å². The van der Waals surface area contributed by atoms with Gasteiger partial charge < -0.3 is 14.2 Å². The number of hydrogen-bond donors (Lipinski definition) is 0. The molecule has 0 radical (unpaired) electrons. The van der Waals surface area contributed by atoms with E-state index < -0.39 is 0 Å². The van der Waals surface area contributed by atoms with Gasteiger partial charge >= 0.3 is 5.97 Å². The number of morpholine rings is 1. The van der Waals surface area contributed by atoms with E-state index in [2.05, 4.69) is 25.7 Å². The van der Waals surface area contributed by atoms with Crippen LogP contribution in [0.4, 0.5) is 0 Å². The molecule has 5 aliphatic rings. The van der Waals surface area contributed by atoms with Crippen molar-refractivity contribution >= 4 is 5.97 Å². The van der Waals surface area contributed by atoms with Crippen LogP contribution < -0.4 is 0 Å². The fraction of sp³-hybridized carbons (Fsp3) is 0.952. The summed E-state index contributed by atoms with van der Waals surface area (Å²) in [5.74, 6) is 1.04. The number of epoxide rings is 1. The fourth-order valence-corrected chi connectivity index (χ4v) is 6.88. The first-order chi connectivity index (χ1) is 12.4. The Kier molecular flexibility index (Phi) is 3.97. The van der Waals surface area contributed by atoms with Gasteiger partial charge in [0.05, 0.1) is 30.3 Å². The average Bonchev–Trinajstić information content (AvgIpc) is 3.25. The normalized spacial score (nSPS) is 53.9. The molecule has 26 heavy (non-hydrogen) atoms. The lowest BCUT2D eigenvalue weighted by Gasteiger charge is -2.51. The summed E-state index contributed by atoms with van der Waals surface area (Å²) < 4.78 is 17.8. The zero-order valence-corrected chi connectivity index (χ0v) is 16.4. The van der Waals surface area contributed by atoms with Crippen LogP contribution >= 0.6 is 0 Å². The van der Waals surface area contributed by atoms with Gasteiger partial charge in [-0.2, -0.15) is 0 Å². The van der Waals surface area contributed by atoms with Crippen molar-refractivity contribution in [3.8, 4) is 0 Å². The summed E-state index contributed by atoms with van der Waals surface area (Å²) in [6.45, 7) is 10.3. The summed E-state index contributed by atoms with van der Waals surface area (Å²) in [4.78, 5) is 15.2. The number of carbonyl (C=O) groups is 1. The van der Waals surface area contributed by atoms with Crippen LogP contribution in [0, 0.1) is 23.2 Å². The Morgan fingerprint density at radius 1 is 1.19 bits per heavy atom. The smallest absolute Gasteiger partial charge is 0.310 e. The molecule has 0 aromatic rings. The van der Waals surface area contributed by atoms with Crippen LogP contribution in [0.5, 0.6) is 0 Å². The zero-order chi connectivity index (χ0) is 18.1. The second-order valence-corrected chi connectivity index (χ2v) is 10.1. The van der Waals surface area contributed by atoms with Crippen LogP contribution in [0.15, 0.2) is 0 Å². The van der Waals surface area contributed by atoms with Crippen LogP contribution in [-0.4, -0.2) is 61.0 Å². The van der Waals surface area contributed by atoms with E-state index in [9.17, 15) is 4.79 Å². The third kappa shape index (κ3) is 2.73. The Morgan fingerprint density at radius 2 is 1.92 bits per heavy atom. The molecule has 146 valence electrons. The van der Waals surface area contributed by atoms with Gasteiger partial charge in [-0.3, -0.25) is 9.69 Å². The number of rotatable bonds is 2. The minimum Gasteiger partial charge on any atom is -0.462 e. The molecule has 2 aliphatic carbocycles. The highest BCUT2D eigenvalue weighted by Crippen LogP contribution is 2.62. The van der Waals surface area contributed by atoms with E-state index in [1.165, 1.54) is 19.3 Å². The molecule has 5 rings (SSSR count). The predicted molar refractivity (Wildman–Crippen MR) is 96.7 cm³/mol. The van der Waals surface area contributed by atoms with Crippen molar-refractivity contribution in [1.82, 2.24) is 4.90 Å². The average molecular weight is 363 g/mol. The molecule has 0 bridgehead atoms. The highest BCUT2D eigenvalue weighted by Gasteiger charge is 2.65. The molecule has 0 N–H and O–H groups in total. The summed E-state index contributed by atoms with van der Waals surface area (Å²) in [5.41, 5.74) is 0.420. The molecule has 0 unspecified atom stereocenters. The predicted octanol–water partition coefficient (Wildman–Crippen LogP) is 2.62. The van der Waals surface area contributed by atoms with E-state index in [-0.39, 0.29) is 41.2 Å². The molecule has 2 saturated carbocycles. The number of esters is 1. The van der Waals surface area contributed by atoms with Crippen molar-refractivity contribution in [2.24, 2.45) is 23.2 Å². The maximum absolute atomic E-state index is 12.8. The van der Waals surface area contributed by atoms with Gasteiger partial charge in [0.2, 0.25) is 0 Å². The molecule has 0 aromatic heterocycles. The molecule has 0 aromatic carbocycles. The molecule has 0 amide bonds. The maximum atomic E-state index is 12.8. The summed E-state index contributed by atoms with van der Waals surface area (Å²) in [6, 6.07) is 0. The number of hydrogen-bond acceptors (Lipinski definition) is 5. The molecule has 3 aliphatic heterocycles. The fourth-order valence-electron chi connectivity index (χ4n) is 6.88. The summed E-state index contributed by atoms with van der Waals surface area (Å²) in [6.07, 6.45) is 6.46. The van der Waals surface area contributed by atoms with Gasteiger partial charge in [0, 0.05) is 25.6 Å². The number of nitrogens with zero attached hydrogens (tertiary/aromatic N) is 1. The van der Waals surface area contributed by atoms with Crippen molar-refractivity contribution in [2.45, 2.75) is 76.8 Å². The molecule has 1 spiro atoms. The molecule has 3 saturated heterocycles. The van der Waals surface area contributed by atoms with Crippen LogP contribution in [0.1, 0.15) is 52.9 Å². The first-order valence-corrected chi connectivity index (χ1v) is 10.6. The minimum atomic E-state index is 0.0276. The third-order valence-corrected chi connectivity index (χ3v) is 8.03. The monoisotopic (exact) mass is 363 g/mol. The lowest BCUT2D eigenvalue weighted by molar-refractivity contribution is -0.147. The lowest BCUT2D eigenvalue weighted by Crippen LogP contribution is -2.52. The Hall–Kier alpha value is -0.650. The van der Waals surface area contributed by atoms with Gasteiger partial charge in [-0.05, 0) is 57.3 Å². The van der Waals surface area contributed by atoms with E-state index in [0.29, 0.717) is 11.8 Å². The summed E-state index contributed by atoms with van der Waals surface area (Å²) in [5, 5.41) is 0. The molecule has 5 fully saturated rings. The van der Waals surface area contributed by atoms with Gasteiger partial charge in [-0.25, -0.2) is 0 Å². The van der Waals surface area contributed by atoms with E-state index in [1.54, 1.807) is 0 Å². The highest BCUT2D eigenvalue weighted by atomic mass is 16.6. The topological polar surface area (TPSA) is 51.3 Å². The molecular weight excluding hydrogens is 330 g/mol. The van der Waals surface area contributed by atoms with Gasteiger partial charge in [-0.15, -0.1) is 0 Å². The first kappa shape index (κ1) is 17.4. The van der Waals surface area contributed by atoms with Crippen molar-refractivity contribution in [2.75, 3.05) is 26.2 Å². The number of ether oxygens (including phenoxy) is 3. The summed E-state index contributed by atoms with van der Waals surface area (Å²) >= 11 is 0. The Balaban J connectivity index is 1.34. The summed E-state index contributed by atoms with van der Waals surface area (Å²) in [7, 11) is 0. The van der Waals surface area contributed by atoms with Crippen molar-refractivity contribution in [1.29, 1.82) is 0 Å². The van der Waals surface area contributed by atoms with Crippen LogP contribution in [0.25, 0.3) is 0 Å². The standard InChI is InChI=1S/C21H33NO4/c1-13-9-22(10-14(2)25-13)11-16-15-7-18-20(3,8-17(15)26-19(16)23)5-4-6-21(18)12-24-21/h13-18H,4-12H2,1-3H3/t13-,14+,15-,16+,17-,18-,20-,21+/m1/s1. The lowest BCUT2D eigenvalue weighted by atomic mass is 9.53. The van der Waals surface area contributed by atoms with E-state index >= 15 is 0 Å². The van der Waals surface area contributed by atoms with E-state index in [4.69, 9.17) is 14.2 Å². The third-order valence-electron chi connectivity index (χ3n) is 8.03. The van der Waals surface area contributed by atoms with Crippen LogP contribution in [0.2, 0.25) is 0 Å². The SMILES string of the molecule is C[C@@H]1CN(C[C@@H]2C(=O)O[C@@H]3C[C@@]4(C)CCC[C@]5(CO5)[C@@H]4C[C@H]23)C[C@H](C)O1. The van der Waals surface area contributed by atoms with Crippen molar-refractivity contribution in [3.05, 3.63) is 0 Å². The van der Waals surface area contributed by atoms with Gasteiger partial charge in [0.15, 0.2) is 0 Å². The molecule has 8 atom stereocenters. The Morgan fingerprint density at radius 3 is 2.62 bits per heavy atom. The first-order valence-electron chi connectivity index (χ1n) is 10.6. The quantitative estimate of drug-likeness (QED) is 0.558. The molecular formula is C21H33NO4. The molecule has 5 nitrogen and oxygen atoms in total. The van der Waals surface area contributed by atoms with Crippen LogP contribution in [0.3, 0.4) is 0 Å². The number of fused-ring (bicyclic) bond motifs is 3. The molecule has 5 heteroatoms. The van der Waals surface area contributed by atoms with Gasteiger partial charge in [0.25, 0.3) is 0 Å². The highest BCUT2D eigenvalue weighted by molar-refractivity contribution is 5.75. The van der Waals surface area contributed by atoms with Gasteiger partial charge in [0.1, 0.15) is 6.10 Å². The largest absolute Gasteiger partial charge is 0.462 e. The second-order valence-electron chi connectivity index (χ2n) is 10.1. The van der Waals surface area contributed by atoms with Crippen LogP contribution in [-0.2, 0) is 19.0 Å². The van der Waals surface area contributed by atoms with E-state index in [1.807, 2.05) is 0 Å². The van der Waals surface area contributed by atoms with E-state index in [0.717, 1.165) is 39.1 Å². The molecule has 3 heterocycles. The Bertz CT molecular complexity index is 581.